The molecule has 0 radical (unpaired) electrons. The fourth-order valence-electron chi connectivity index (χ4n) is 2.71. The van der Waals surface area contributed by atoms with E-state index in [1.165, 1.54) is 38.5 Å². The van der Waals surface area contributed by atoms with Gasteiger partial charge in [0.1, 0.15) is 0 Å². The molecule has 110 valence electrons. The number of nitrogens with one attached hydrogen (secondary N) is 1. The molecule has 2 aliphatic carbocycles. The van der Waals surface area contributed by atoms with E-state index in [1.54, 1.807) is 0 Å². The standard InChI is InChI=1S/C17H24ClNO/c18-16-7-2-1-6-15(16)17(12-19-14-8-9-14)20-11-10-13-4-3-5-13/h1-2,6-7,13-14,17,19H,3-5,8-12H2. The van der Waals surface area contributed by atoms with Crippen molar-refractivity contribution in [1.29, 1.82) is 0 Å². The Balaban J connectivity index is 1.55. The van der Waals surface area contributed by atoms with E-state index in [-0.39, 0.29) is 6.10 Å². The summed E-state index contributed by atoms with van der Waals surface area (Å²) in [6.07, 6.45) is 8.08. The van der Waals surface area contributed by atoms with E-state index in [2.05, 4.69) is 11.4 Å². The molecule has 1 atom stereocenters. The van der Waals surface area contributed by atoms with Gasteiger partial charge in [-0.05, 0) is 31.2 Å². The average molecular weight is 294 g/mol. The largest absolute Gasteiger partial charge is 0.372 e. The first-order valence-corrected chi connectivity index (χ1v) is 8.30. The molecule has 0 aliphatic heterocycles. The summed E-state index contributed by atoms with van der Waals surface area (Å²) in [5.41, 5.74) is 1.12. The van der Waals surface area contributed by atoms with Crippen molar-refractivity contribution in [3.05, 3.63) is 34.9 Å². The van der Waals surface area contributed by atoms with Crippen LogP contribution in [0.3, 0.4) is 0 Å². The third kappa shape index (κ3) is 3.97. The van der Waals surface area contributed by atoms with Crippen LogP contribution in [0.15, 0.2) is 24.3 Å². The van der Waals surface area contributed by atoms with Crippen LogP contribution in [0.1, 0.15) is 50.2 Å². The Bertz CT molecular complexity index is 429. The van der Waals surface area contributed by atoms with Crippen molar-refractivity contribution in [1.82, 2.24) is 5.32 Å². The van der Waals surface area contributed by atoms with Gasteiger partial charge in [-0.1, -0.05) is 49.1 Å². The third-order valence-corrected chi connectivity index (χ3v) is 4.84. The lowest BCUT2D eigenvalue weighted by Crippen LogP contribution is -2.26. The van der Waals surface area contributed by atoms with Crippen LogP contribution in [-0.2, 0) is 4.74 Å². The summed E-state index contributed by atoms with van der Waals surface area (Å²) in [7, 11) is 0. The summed E-state index contributed by atoms with van der Waals surface area (Å²) in [5.74, 6) is 0.901. The summed E-state index contributed by atoms with van der Waals surface area (Å²) in [6, 6.07) is 8.77. The molecule has 1 unspecified atom stereocenters. The predicted molar refractivity (Wildman–Crippen MR) is 83.1 cm³/mol. The maximum atomic E-state index is 6.32. The summed E-state index contributed by atoms with van der Waals surface area (Å²) in [4.78, 5) is 0. The van der Waals surface area contributed by atoms with Gasteiger partial charge in [0.2, 0.25) is 0 Å². The first kappa shape index (κ1) is 14.4. The van der Waals surface area contributed by atoms with E-state index in [4.69, 9.17) is 16.3 Å². The molecular weight excluding hydrogens is 270 g/mol. The van der Waals surface area contributed by atoms with Crippen LogP contribution in [0.25, 0.3) is 0 Å². The molecule has 0 heterocycles. The van der Waals surface area contributed by atoms with Gasteiger partial charge in [0.25, 0.3) is 0 Å². The molecule has 1 aromatic rings. The van der Waals surface area contributed by atoms with Crippen LogP contribution in [0.4, 0.5) is 0 Å². The normalized spacial score (nSPS) is 20.6. The van der Waals surface area contributed by atoms with Crippen LogP contribution in [0, 0.1) is 5.92 Å². The Morgan fingerprint density at radius 3 is 2.65 bits per heavy atom. The molecule has 0 spiro atoms. The van der Waals surface area contributed by atoms with Gasteiger partial charge in [0, 0.05) is 29.8 Å². The van der Waals surface area contributed by atoms with Crippen molar-refractivity contribution in [3.63, 3.8) is 0 Å². The smallest absolute Gasteiger partial charge is 0.0963 e. The van der Waals surface area contributed by atoms with Crippen LogP contribution in [-0.4, -0.2) is 19.2 Å². The maximum Gasteiger partial charge on any atom is 0.0963 e. The van der Waals surface area contributed by atoms with Crippen molar-refractivity contribution < 1.29 is 4.74 Å². The van der Waals surface area contributed by atoms with E-state index in [9.17, 15) is 0 Å². The Hall–Kier alpha value is -0.570. The average Bonchev–Trinajstić information content (AvgIpc) is 3.21. The van der Waals surface area contributed by atoms with Crippen LogP contribution >= 0.6 is 11.6 Å². The van der Waals surface area contributed by atoms with E-state index in [0.717, 1.165) is 29.7 Å². The van der Waals surface area contributed by atoms with Gasteiger partial charge in [-0.25, -0.2) is 0 Å². The Morgan fingerprint density at radius 2 is 2.00 bits per heavy atom. The first-order chi connectivity index (χ1) is 9.83. The van der Waals surface area contributed by atoms with Crippen molar-refractivity contribution >= 4 is 11.6 Å². The minimum Gasteiger partial charge on any atom is -0.372 e. The Labute approximate surface area is 126 Å². The van der Waals surface area contributed by atoms with E-state index in [0.29, 0.717) is 6.04 Å². The number of hydrogen-bond acceptors (Lipinski definition) is 2. The van der Waals surface area contributed by atoms with Gasteiger partial charge in [-0.2, -0.15) is 0 Å². The summed E-state index contributed by atoms with van der Waals surface area (Å²) in [5, 5.41) is 4.38. The van der Waals surface area contributed by atoms with E-state index < -0.39 is 0 Å². The van der Waals surface area contributed by atoms with Gasteiger partial charge in [0.15, 0.2) is 0 Å². The highest BCUT2D eigenvalue weighted by atomic mass is 35.5. The number of halogens is 1. The van der Waals surface area contributed by atoms with Crippen LogP contribution in [0.5, 0.6) is 0 Å². The minimum absolute atomic E-state index is 0.0874. The summed E-state index contributed by atoms with van der Waals surface area (Å²) < 4.78 is 6.15. The van der Waals surface area contributed by atoms with Crippen molar-refractivity contribution in [3.8, 4) is 0 Å². The zero-order valence-corrected chi connectivity index (χ0v) is 12.7. The number of rotatable bonds is 8. The molecular formula is C17H24ClNO. The zero-order valence-electron chi connectivity index (χ0n) is 12.0. The van der Waals surface area contributed by atoms with Crippen molar-refractivity contribution in [2.75, 3.05) is 13.2 Å². The van der Waals surface area contributed by atoms with Crippen molar-refractivity contribution in [2.24, 2.45) is 5.92 Å². The molecule has 1 N–H and O–H groups in total. The molecule has 20 heavy (non-hydrogen) atoms. The molecule has 2 nitrogen and oxygen atoms in total. The molecule has 3 rings (SSSR count). The van der Waals surface area contributed by atoms with Crippen molar-refractivity contribution in [2.45, 2.75) is 50.7 Å². The van der Waals surface area contributed by atoms with E-state index in [1.807, 2.05) is 18.2 Å². The molecule has 2 aliphatic rings. The molecule has 0 saturated heterocycles. The van der Waals surface area contributed by atoms with Crippen LogP contribution in [0.2, 0.25) is 5.02 Å². The van der Waals surface area contributed by atoms with Gasteiger partial charge in [-0.3, -0.25) is 0 Å². The second-order valence-electron chi connectivity index (χ2n) is 6.15. The van der Waals surface area contributed by atoms with Gasteiger partial charge in [-0.15, -0.1) is 0 Å². The van der Waals surface area contributed by atoms with Gasteiger partial charge in [0.05, 0.1) is 6.10 Å². The minimum atomic E-state index is 0.0874. The number of benzene rings is 1. The molecule has 3 heteroatoms. The summed E-state index contributed by atoms with van der Waals surface area (Å²) in [6.45, 7) is 1.73. The highest BCUT2D eigenvalue weighted by molar-refractivity contribution is 6.31. The number of hydrogen-bond donors (Lipinski definition) is 1. The molecule has 0 aromatic heterocycles. The fraction of sp³-hybridized carbons (Fsp3) is 0.647. The highest BCUT2D eigenvalue weighted by Crippen LogP contribution is 2.31. The SMILES string of the molecule is Clc1ccccc1C(CNC1CC1)OCCC1CCC1. The van der Waals surface area contributed by atoms with E-state index >= 15 is 0 Å². The quantitative estimate of drug-likeness (QED) is 0.770. The predicted octanol–water partition coefficient (Wildman–Crippen LogP) is 4.34. The first-order valence-electron chi connectivity index (χ1n) is 7.92. The monoisotopic (exact) mass is 293 g/mol. The Kier molecular flexibility index (Phi) is 4.98. The molecule has 0 bridgehead atoms. The second kappa shape index (κ2) is 6.93. The summed E-state index contributed by atoms with van der Waals surface area (Å²) >= 11 is 6.32. The number of ether oxygens (including phenoxy) is 1. The highest BCUT2D eigenvalue weighted by Gasteiger charge is 2.24. The maximum absolute atomic E-state index is 6.32. The van der Waals surface area contributed by atoms with Crippen LogP contribution < -0.4 is 5.32 Å². The van der Waals surface area contributed by atoms with Gasteiger partial charge < -0.3 is 10.1 Å². The third-order valence-electron chi connectivity index (χ3n) is 4.49. The Morgan fingerprint density at radius 1 is 1.20 bits per heavy atom. The van der Waals surface area contributed by atoms with Gasteiger partial charge >= 0.3 is 0 Å². The lowest BCUT2D eigenvalue weighted by Gasteiger charge is -2.27. The second-order valence-corrected chi connectivity index (χ2v) is 6.56. The molecule has 2 fully saturated rings. The molecule has 1 aromatic carbocycles. The lowest BCUT2D eigenvalue weighted by atomic mass is 9.83. The zero-order chi connectivity index (χ0) is 13.8. The lowest BCUT2D eigenvalue weighted by molar-refractivity contribution is 0.0370. The molecule has 0 amide bonds. The molecule has 2 saturated carbocycles. The fourth-order valence-corrected chi connectivity index (χ4v) is 2.97. The topological polar surface area (TPSA) is 21.3 Å².